The molecule has 0 atom stereocenters. The number of hydrogen-bond acceptors (Lipinski definition) is 5. The van der Waals surface area contributed by atoms with Crippen LogP contribution in [0, 0.1) is 0 Å². The molecule has 3 aliphatic rings. The molecule has 1 N–H and O–H groups in total. The van der Waals surface area contributed by atoms with Gasteiger partial charge in [0.05, 0.1) is 22.5 Å². The standard InChI is InChI=1S/C20H23N2O4P/c1-21-11-3-5-13-7-9-15-17(19(13)21)18-16(26-27(23,24)25-15)10-8-14-6-4-12-22(2)20(14)18/h7-10H,3-6,11-12H2,1-2H3,(H,23,24). The van der Waals surface area contributed by atoms with E-state index in [-0.39, 0.29) is 0 Å². The first-order valence-corrected chi connectivity index (χ1v) is 10.9. The molecule has 6 nitrogen and oxygen atoms in total. The van der Waals surface area contributed by atoms with Gasteiger partial charge in [0.2, 0.25) is 0 Å². The molecule has 142 valence electrons. The summed E-state index contributed by atoms with van der Waals surface area (Å²) >= 11 is 0. The molecular weight excluding hydrogens is 363 g/mol. The monoisotopic (exact) mass is 386 g/mol. The summed E-state index contributed by atoms with van der Waals surface area (Å²) in [6, 6.07) is 7.65. The van der Waals surface area contributed by atoms with Crippen molar-refractivity contribution in [2.75, 3.05) is 37.0 Å². The number of phosphoric ester groups is 1. The van der Waals surface area contributed by atoms with Gasteiger partial charge >= 0.3 is 7.82 Å². The molecule has 5 rings (SSSR count). The highest BCUT2D eigenvalue weighted by Gasteiger charge is 2.38. The number of rotatable bonds is 0. The van der Waals surface area contributed by atoms with Crippen LogP contribution < -0.4 is 18.8 Å². The van der Waals surface area contributed by atoms with Gasteiger partial charge in [0.25, 0.3) is 0 Å². The Morgan fingerprint density at radius 3 is 1.74 bits per heavy atom. The van der Waals surface area contributed by atoms with Gasteiger partial charge in [-0.3, -0.25) is 4.89 Å². The first-order valence-electron chi connectivity index (χ1n) is 9.41. The maximum Gasteiger partial charge on any atom is 0.584 e. The van der Waals surface area contributed by atoms with Crippen LogP contribution >= 0.6 is 7.82 Å². The smallest absolute Gasteiger partial charge is 0.394 e. The molecule has 0 unspecified atom stereocenters. The van der Waals surface area contributed by atoms with Gasteiger partial charge < -0.3 is 18.8 Å². The summed E-state index contributed by atoms with van der Waals surface area (Å²) in [7, 11) is -0.101. The molecule has 0 aliphatic carbocycles. The molecule has 2 aromatic rings. The first-order chi connectivity index (χ1) is 12.9. The fourth-order valence-electron chi connectivity index (χ4n) is 4.65. The van der Waals surface area contributed by atoms with Crippen LogP contribution in [0.1, 0.15) is 24.0 Å². The third kappa shape index (κ3) is 2.62. The zero-order chi connectivity index (χ0) is 18.8. The first kappa shape index (κ1) is 17.0. The van der Waals surface area contributed by atoms with Gasteiger partial charge in [-0.15, -0.1) is 0 Å². The molecule has 0 fully saturated rings. The van der Waals surface area contributed by atoms with Crippen molar-refractivity contribution in [3.63, 3.8) is 0 Å². The lowest BCUT2D eigenvalue weighted by atomic mass is 9.88. The third-order valence-electron chi connectivity index (χ3n) is 5.77. The van der Waals surface area contributed by atoms with E-state index < -0.39 is 7.82 Å². The zero-order valence-corrected chi connectivity index (χ0v) is 16.5. The highest BCUT2D eigenvalue weighted by atomic mass is 31.2. The van der Waals surface area contributed by atoms with Crippen molar-refractivity contribution in [2.24, 2.45) is 0 Å². The molecule has 0 radical (unpaired) electrons. The van der Waals surface area contributed by atoms with Gasteiger partial charge in [-0.2, -0.15) is 0 Å². The van der Waals surface area contributed by atoms with Crippen molar-refractivity contribution >= 4 is 19.2 Å². The quantitative estimate of drug-likeness (QED) is 0.691. The molecular formula is C20H23N2O4P. The maximum absolute atomic E-state index is 12.6. The van der Waals surface area contributed by atoms with Crippen molar-refractivity contribution in [3.8, 4) is 22.6 Å². The van der Waals surface area contributed by atoms with Crippen LogP contribution in [0.5, 0.6) is 11.5 Å². The van der Waals surface area contributed by atoms with Gasteiger partial charge in [-0.25, -0.2) is 4.57 Å². The average molecular weight is 386 g/mol. The maximum atomic E-state index is 12.6. The molecule has 0 spiro atoms. The minimum Gasteiger partial charge on any atom is -0.394 e. The number of nitrogens with zero attached hydrogens (tertiary/aromatic N) is 2. The molecule has 3 aliphatic heterocycles. The van der Waals surface area contributed by atoms with E-state index in [1.807, 2.05) is 24.3 Å². The van der Waals surface area contributed by atoms with Gasteiger partial charge in [0.1, 0.15) is 11.5 Å². The van der Waals surface area contributed by atoms with E-state index in [1.165, 1.54) is 11.1 Å². The van der Waals surface area contributed by atoms with Gasteiger partial charge in [-0.05, 0) is 48.9 Å². The van der Waals surface area contributed by atoms with E-state index in [0.29, 0.717) is 11.5 Å². The van der Waals surface area contributed by atoms with Crippen LogP contribution in [0.2, 0.25) is 0 Å². The number of phosphoric acid groups is 1. The van der Waals surface area contributed by atoms with E-state index in [9.17, 15) is 9.46 Å². The Labute approximate surface area is 158 Å². The molecule has 0 amide bonds. The van der Waals surface area contributed by atoms with Crippen LogP contribution in [0.4, 0.5) is 11.4 Å². The van der Waals surface area contributed by atoms with Crippen molar-refractivity contribution in [1.29, 1.82) is 0 Å². The Bertz CT molecular complexity index is 915. The average Bonchev–Trinajstić information content (AvgIpc) is 2.74. The lowest BCUT2D eigenvalue weighted by molar-refractivity contribution is 0.294. The second-order valence-electron chi connectivity index (χ2n) is 7.59. The number of benzene rings is 2. The predicted octanol–water partition coefficient (Wildman–Crippen LogP) is 3.99. The zero-order valence-electron chi connectivity index (χ0n) is 15.6. The summed E-state index contributed by atoms with van der Waals surface area (Å²) in [6.07, 6.45) is 4.17. The summed E-state index contributed by atoms with van der Waals surface area (Å²) in [5, 5.41) is 0. The fraction of sp³-hybridized carbons (Fsp3) is 0.400. The number of anilines is 2. The lowest BCUT2D eigenvalue weighted by Crippen LogP contribution is -2.27. The van der Waals surface area contributed by atoms with Crippen molar-refractivity contribution < 1.29 is 18.5 Å². The Morgan fingerprint density at radius 1 is 0.852 bits per heavy atom. The molecule has 2 aromatic carbocycles. The van der Waals surface area contributed by atoms with Crippen molar-refractivity contribution in [1.82, 2.24) is 0 Å². The molecule has 3 heterocycles. The Kier molecular flexibility index (Phi) is 3.72. The third-order valence-corrected chi connectivity index (χ3v) is 6.62. The van der Waals surface area contributed by atoms with Gasteiger partial charge in [-0.1, -0.05) is 12.1 Å². The topological polar surface area (TPSA) is 62.2 Å². The predicted molar refractivity (Wildman–Crippen MR) is 106 cm³/mol. The van der Waals surface area contributed by atoms with Crippen LogP contribution in [0.25, 0.3) is 11.1 Å². The Hall–Kier alpha value is -2.17. The van der Waals surface area contributed by atoms with Crippen molar-refractivity contribution in [3.05, 3.63) is 35.4 Å². The Morgan fingerprint density at radius 2 is 1.30 bits per heavy atom. The SMILES string of the molecule is CN1CCCc2ccc3c(c21)-c1c(ccc2c1N(C)CCC2)OP(=O)(O)O3. The highest BCUT2D eigenvalue weighted by Crippen LogP contribution is 2.59. The number of fused-ring (bicyclic) bond motifs is 7. The minimum absolute atomic E-state index is 0.416. The molecule has 27 heavy (non-hydrogen) atoms. The molecule has 0 aromatic heterocycles. The fourth-order valence-corrected chi connectivity index (χ4v) is 5.49. The van der Waals surface area contributed by atoms with Crippen LogP contribution in [-0.2, 0) is 17.4 Å². The van der Waals surface area contributed by atoms with Gasteiger partial charge in [0.15, 0.2) is 0 Å². The van der Waals surface area contributed by atoms with Crippen LogP contribution in [-0.4, -0.2) is 32.1 Å². The minimum atomic E-state index is -4.24. The number of hydrogen-bond donors (Lipinski definition) is 1. The number of aryl methyl sites for hydroxylation is 2. The normalized spacial score (nSPS) is 19.7. The van der Waals surface area contributed by atoms with Crippen LogP contribution in [0.15, 0.2) is 24.3 Å². The second kappa shape index (κ2) is 5.91. The van der Waals surface area contributed by atoms with Gasteiger partial charge in [0, 0.05) is 27.2 Å². The van der Waals surface area contributed by atoms with E-state index in [2.05, 4.69) is 23.9 Å². The molecule has 0 bridgehead atoms. The Balaban J connectivity index is 1.90. The summed E-state index contributed by atoms with van der Waals surface area (Å²) < 4.78 is 23.6. The van der Waals surface area contributed by atoms with Crippen LogP contribution in [0.3, 0.4) is 0 Å². The van der Waals surface area contributed by atoms with E-state index >= 15 is 0 Å². The van der Waals surface area contributed by atoms with Crippen molar-refractivity contribution in [2.45, 2.75) is 25.7 Å². The molecule has 0 saturated carbocycles. The molecule has 7 heteroatoms. The largest absolute Gasteiger partial charge is 0.584 e. The summed E-state index contributed by atoms with van der Waals surface area (Å²) in [6.45, 7) is 1.89. The molecule has 0 saturated heterocycles. The summed E-state index contributed by atoms with van der Waals surface area (Å²) in [5.74, 6) is 0.832. The summed E-state index contributed by atoms with van der Waals surface area (Å²) in [4.78, 5) is 14.7. The van der Waals surface area contributed by atoms with E-state index in [4.69, 9.17) is 9.05 Å². The summed E-state index contributed by atoms with van der Waals surface area (Å²) in [5.41, 5.74) is 6.39. The van der Waals surface area contributed by atoms with E-state index in [0.717, 1.165) is 61.3 Å². The second-order valence-corrected chi connectivity index (χ2v) is 8.90. The lowest BCUT2D eigenvalue weighted by Gasteiger charge is -2.34. The highest BCUT2D eigenvalue weighted by molar-refractivity contribution is 7.48. The van der Waals surface area contributed by atoms with E-state index in [1.54, 1.807) is 0 Å².